The minimum atomic E-state index is -0.149. The van der Waals surface area contributed by atoms with Gasteiger partial charge in [0, 0.05) is 24.0 Å². The molecule has 1 aromatic carbocycles. The van der Waals surface area contributed by atoms with Crippen LogP contribution in [0.1, 0.15) is 37.3 Å². The zero-order chi connectivity index (χ0) is 17.5. The fourth-order valence-electron chi connectivity index (χ4n) is 2.37. The number of nitrogens with zero attached hydrogens (tertiary/aromatic N) is 1. The third-order valence-corrected chi connectivity index (χ3v) is 4.50. The molecule has 6 heteroatoms. The van der Waals surface area contributed by atoms with E-state index < -0.39 is 0 Å². The van der Waals surface area contributed by atoms with Gasteiger partial charge in [-0.25, -0.2) is 4.79 Å². The first-order chi connectivity index (χ1) is 11.5. The van der Waals surface area contributed by atoms with Crippen molar-refractivity contribution in [2.24, 2.45) is 0 Å². The van der Waals surface area contributed by atoms with Crippen molar-refractivity contribution in [1.82, 2.24) is 10.2 Å². The zero-order valence-electron chi connectivity index (χ0n) is 14.2. The number of benzene rings is 1. The van der Waals surface area contributed by atoms with Gasteiger partial charge in [0.25, 0.3) is 0 Å². The zero-order valence-corrected chi connectivity index (χ0v) is 15.0. The number of carbonyl (C=O) groups is 2. The van der Waals surface area contributed by atoms with E-state index in [1.165, 1.54) is 6.92 Å². The summed E-state index contributed by atoms with van der Waals surface area (Å²) in [4.78, 5) is 26.6. The summed E-state index contributed by atoms with van der Waals surface area (Å²) in [5.41, 5.74) is 1.67. The second-order valence-electron chi connectivity index (χ2n) is 5.57. The topological polar surface area (TPSA) is 61.4 Å². The van der Waals surface area contributed by atoms with Gasteiger partial charge < -0.3 is 15.5 Å². The maximum absolute atomic E-state index is 12.5. The van der Waals surface area contributed by atoms with Crippen LogP contribution in [0.3, 0.4) is 0 Å². The van der Waals surface area contributed by atoms with Crippen molar-refractivity contribution in [3.8, 4) is 0 Å². The number of thiophene rings is 1. The highest BCUT2D eigenvalue weighted by Crippen LogP contribution is 2.18. The average Bonchev–Trinajstić information content (AvgIpc) is 3.05. The number of urea groups is 1. The van der Waals surface area contributed by atoms with Crippen LogP contribution in [0, 0.1) is 0 Å². The van der Waals surface area contributed by atoms with Gasteiger partial charge in [-0.05, 0) is 43.0 Å². The van der Waals surface area contributed by atoms with Gasteiger partial charge in [0.2, 0.25) is 5.91 Å². The normalized spacial score (nSPS) is 11.6. The number of hydrogen-bond acceptors (Lipinski definition) is 3. The summed E-state index contributed by atoms with van der Waals surface area (Å²) in [5.74, 6) is -0.114. The lowest BCUT2D eigenvalue weighted by molar-refractivity contribution is -0.114. The van der Waals surface area contributed by atoms with Crippen LogP contribution >= 0.6 is 11.3 Å². The van der Waals surface area contributed by atoms with Gasteiger partial charge in [-0.1, -0.05) is 18.2 Å². The molecule has 0 aliphatic rings. The summed E-state index contributed by atoms with van der Waals surface area (Å²) >= 11 is 1.65. The minimum absolute atomic E-state index is 0.0941. The van der Waals surface area contributed by atoms with E-state index >= 15 is 0 Å². The average molecular weight is 345 g/mol. The summed E-state index contributed by atoms with van der Waals surface area (Å²) in [6.45, 7) is 6.63. The number of rotatable bonds is 6. The van der Waals surface area contributed by atoms with E-state index in [1.807, 2.05) is 55.6 Å². The molecule has 0 unspecified atom stereocenters. The van der Waals surface area contributed by atoms with Crippen molar-refractivity contribution in [1.29, 1.82) is 0 Å². The van der Waals surface area contributed by atoms with Crippen LogP contribution in [-0.2, 0) is 11.3 Å². The summed E-state index contributed by atoms with van der Waals surface area (Å²) in [7, 11) is 0. The molecule has 0 aliphatic heterocycles. The SMILES string of the molecule is CCN(Cc1cccs1)C(=O)N[C@H](C)c1cccc(NC(C)=O)c1. The van der Waals surface area contributed by atoms with Gasteiger partial charge in [-0.2, -0.15) is 0 Å². The molecule has 2 N–H and O–H groups in total. The molecule has 0 bridgehead atoms. The van der Waals surface area contributed by atoms with E-state index in [0.717, 1.165) is 16.1 Å². The Morgan fingerprint density at radius 1 is 1.25 bits per heavy atom. The Kier molecular flexibility index (Phi) is 6.37. The van der Waals surface area contributed by atoms with Crippen molar-refractivity contribution in [2.75, 3.05) is 11.9 Å². The lowest BCUT2D eigenvalue weighted by atomic mass is 10.1. The Labute approximate surface area is 146 Å². The third kappa shape index (κ3) is 5.09. The van der Waals surface area contributed by atoms with Crippen molar-refractivity contribution in [2.45, 2.75) is 33.4 Å². The molecule has 1 atom stereocenters. The van der Waals surface area contributed by atoms with Crippen LogP contribution in [0.25, 0.3) is 0 Å². The van der Waals surface area contributed by atoms with Gasteiger partial charge >= 0.3 is 6.03 Å². The molecule has 3 amide bonds. The van der Waals surface area contributed by atoms with Gasteiger partial charge in [-0.15, -0.1) is 11.3 Å². The lowest BCUT2D eigenvalue weighted by Gasteiger charge is -2.24. The number of amides is 3. The Bertz CT molecular complexity index is 685. The lowest BCUT2D eigenvalue weighted by Crippen LogP contribution is -2.40. The van der Waals surface area contributed by atoms with Gasteiger partial charge in [0.15, 0.2) is 0 Å². The first kappa shape index (κ1) is 18.0. The van der Waals surface area contributed by atoms with Gasteiger partial charge in [-0.3, -0.25) is 4.79 Å². The fraction of sp³-hybridized carbons (Fsp3) is 0.333. The smallest absolute Gasteiger partial charge is 0.318 e. The first-order valence-corrected chi connectivity index (χ1v) is 8.83. The Balaban J connectivity index is 2.00. The molecule has 0 aliphatic carbocycles. The second-order valence-corrected chi connectivity index (χ2v) is 6.60. The second kappa shape index (κ2) is 8.49. The Hall–Kier alpha value is -2.34. The largest absolute Gasteiger partial charge is 0.331 e. The van der Waals surface area contributed by atoms with Crippen molar-refractivity contribution in [3.63, 3.8) is 0 Å². The molecule has 128 valence electrons. The molecule has 0 fully saturated rings. The van der Waals surface area contributed by atoms with Gasteiger partial charge in [0.05, 0.1) is 12.6 Å². The first-order valence-electron chi connectivity index (χ1n) is 7.95. The number of hydrogen-bond donors (Lipinski definition) is 2. The highest BCUT2D eigenvalue weighted by molar-refractivity contribution is 7.09. The van der Waals surface area contributed by atoms with E-state index in [-0.39, 0.29) is 18.0 Å². The van der Waals surface area contributed by atoms with Crippen molar-refractivity contribution in [3.05, 3.63) is 52.2 Å². The monoisotopic (exact) mass is 345 g/mol. The van der Waals surface area contributed by atoms with Crippen LogP contribution in [-0.4, -0.2) is 23.4 Å². The summed E-state index contributed by atoms with van der Waals surface area (Å²) < 4.78 is 0. The molecule has 2 aromatic rings. The van der Waals surface area contributed by atoms with E-state index in [0.29, 0.717) is 13.1 Å². The maximum atomic E-state index is 12.5. The van der Waals surface area contributed by atoms with Crippen LogP contribution in [0.15, 0.2) is 41.8 Å². The summed E-state index contributed by atoms with van der Waals surface area (Å²) in [6.07, 6.45) is 0. The van der Waals surface area contributed by atoms with Crippen molar-refractivity contribution >= 4 is 29.0 Å². The fourth-order valence-corrected chi connectivity index (χ4v) is 3.09. The van der Waals surface area contributed by atoms with E-state index in [1.54, 1.807) is 16.2 Å². The molecule has 5 nitrogen and oxygen atoms in total. The molecule has 0 radical (unpaired) electrons. The van der Waals surface area contributed by atoms with E-state index in [9.17, 15) is 9.59 Å². The molecule has 2 rings (SSSR count). The molecule has 0 saturated carbocycles. The Morgan fingerprint density at radius 2 is 2.04 bits per heavy atom. The van der Waals surface area contributed by atoms with Crippen LogP contribution < -0.4 is 10.6 Å². The molecule has 0 spiro atoms. The molecular weight excluding hydrogens is 322 g/mol. The highest BCUT2D eigenvalue weighted by atomic mass is 32.1. The highest BCUT2D eigenvalue weighted by Gasteiger charge is 2.16. The molecule has 0 saturated heterocycles. The molecule has 1 heterocycles. The number of nitrogens with one attached hydrogen (secondary N) is 2. The van der Waals surface area contributed by atoms with Crippen LogP contribution in [0.4, 0.5) is 10.5 Å². The van der Waals surface area contributed by atoms with Crippen molar-refractivity contribution < 1.29 is 9.59 Å². The molecule has 1 aromatic heterocycles. The molecule has 24 heavy (non-hydrogen) atoms. The van der Waals surface area contributed by atoms with E-state index in [4.69, 9.17) is 0 Å². The summed E-state index contributed by atoms with van der Waals surface area (Å²) in [5, 5.41) is 7.79. The minimum Gasteiger partial charge on any atom is -0.331 e. The standard InChI is InChI=1S/C18H23N3O2S/c1-4-21(12-17-9-6-10-24-17)18(23)19-13(2)15-7-5-8-16(11-15)20-14(3)22/h5-11,13H,4,12H2,1-3H3,(H,19,23)(H,20,22)/t13-/m1/s1. The predicted octanol–water partition coefficient (Wildman–Crippen LogP) is 4.00. The van der Waals surface area contributed by atoms with E-state index in [2.05, 4.69) is 10.6 Å². The van der Waals surface area contributed by atoms with Crippen LogP contribution in [0.2, 0.25) is 0 Å². The van der Waals surface area contributed by atoms with Crippen LogP contribution in [0.5, 0.6) is 0 Å². The Morgan fingerprint density at radius 3 is 2.67 bits per heavy atom. The quantitative estimate of drug-likeness (QED) is 0.831. The third-order valence-electron chi connectivity index (χ3n) is 3.64. The molecular formula is C18H23N3O2S. The number of anilines is 1. The number of carbonyl (C=O) groups excluding carboxylic acids is 2. The maximum Gasteiger partial charge on any atom is 0.318 e. The van der Waals surface area contributed by atoms with Gasteiger partial charge in [0.1, 0.15) is 0 Å². The predicted molar refractivity (Wildman–Crippen MR) is 98.1 cm³/mol. The summed E-state index contributed by atoms with van der Waals surface area (Å²) in [6, 6.07) is 11.3.